The van der Waals surface area contributed by atoms with Crippen molar-refractivity contribution in [2.45, 2.75) is 6.42 Å². The third-order valence-corrected chi connectivity index (χ3v) is 5.54. The third-order valence-electron chi connectivity index (χ3n) is 4.60. The van der Waals surface area contributed by atoms with Crippen molar-refractivity contribution in [2.24, 2.45) is 0 Å². The van der Waals surface area contributed by atoms with Crippen molar-refractivity contribution >= 4 is 39.0 Å². The standard InChI is InChI=1S/C19H21N5OS/c25-18(5-9-21-15-4-8-20-16-6-14-26-19(15)16)24-12-10-23(11-13-24)17-3-1-2-7-22-17/h1-4,6-8,14H,5,9-13H2,(H,20,21). The number of aromatic nitrogens is 2. The molecule has 4 heterocycles. The van der Waals surface area contributed by atoms with Crippen LogP contribution >= 0.6 is 11.3 Å². The van der Waals surface area contributed by atoms with Gasteiger partial charge >= 0.3 is 0 Å². The number of pyridine rings is 2. The smallest absolute Gasteiger partial charge is 0.224 e. The molecule has 1 fully saturated rings. The number of carbonyl (C=O) groups excluding carboxylic acids is 1. The number of piperazine rings is 1. The lowest BCUT2D eigenvalue weighted by Gasteiger charge is -2.35. The number of fused-ring (bicyclic) bond motifs is 1. The Balaban J connectivity index is 1.26. The second-order valence-electron chi connectivity index (χ2n) is 6.23. The van der Waals surface area contributed by atoms with Gasteiger partial charge in [0.1, 0.15) is 5.82 Å². The zero-order valence-corrected chi connectivity index (χ0v) is 15.3. The van der Waals surface area contributed by atoms with Gasteiger partial charge < -0.3 is 15.1 Å². The third kappa shape index (κ3) is 3.62. The summed E-state index contributed by atoms with van der Waals surface area (Å²) in [5, 5.41) is 5.42. The molecule has 1 N–H and O–H groups in total. The van der Waals surface area contributed by atoms with Crippen LogP contribution < -0.4 is 10.2 Å². The van der Waals surface area contributed by atoms with E-state index in [1.807, 2.05) is 46.8 Å². The molecule has 0 atom stereocenters. The SMILES string of the molecule is O=C(CCNc1ccnc2ccsc12)N1CCN(c2ccccn2)CC1. The Morgan fingerprint density at radius 3 is 2.77 bits per heavy atom. The van der Waals surface area contributed by atoms with Gasteiger partial charge in [0.25, 0.3) is 0 Å². The van der Waals surface area contributed by atoms with Gasteiger partial charge in [0.05, 0.1) is 15.9 Å². The number of hydrogen-bond donors (Lipinski definition) is 1. The molecule has 3 aromatic heterocycles. The van der Waals surface area contributed by atoms with Gasteiger partial charge in [-0.1, -0.05) is 6.07 Å². The van der Waals surface area contributed by atoms with Crippen LogP contribution in [-0.4, -0.2) is 53.5 Å². The molecule has 7 heteroatoms. The van der Waals surface area contributed by atoms with E-state index >= 15 is 0 Å². The van der Waals surface area contributed by atoms with Gasteiger partial charge in [-0.2, -0.15) is 0 Å². The van der Waals surface area contributed by atoms with Crippen molar-refractivity contribution < 1.29 is 4.79 Å². The van der Waals surface area contributed by atoms with E-state index in [1.165, 1.54) is 0 Å². The van der Waals surface area contributed by atoms with Crippen molar-refractivity contribution in [3.8, 4) is 0 Å². The second-order valence-corrected chi connectivity index (χ2v) is 7.14. The lowest BCUT2D eigenvalue weighted by atomic mass is 10.2. The van der Waals surface area contributed by atoms with Crippen LogP contribution in [0.4, 0.5) is 11.5 Å². The average molecular weight is 367 g/mol. The van der Waals surface area contributed by atoms with Gasteiger partial charge in [-0.25, -0.2) is 4.98 Å². The number of thiophene rings is 1. The Kier molecular flexibility index (Phi) is 4.97. The molecule has 26 heavy (non-hydrogen) atoms. The quantitative estimate of drug-likeness (QED) is 0.751. The number of amides is 1. The number of hydrogen-bond acceptors (Lipinski definition) is 6. The molecule has 1 aliphatic heterocycles. The first-order valence-corrected chi connectivity index (χ1v) is 9.69. The van der Waals surface area contributed by atoms with Crippen molar-refractivity contribution in [3.05, 3.63) is 48.1 Å². The predicted molar refractivity (Wildman–Crippen MR) is 106 cm³/mol. The van der Waals surface area contributed by atoms with Gasteiger partial charge in [0.2, 0.25) is 5.91 Å². The minimum atomic E-state index is 0.203. The molecule has 0 unspecified atom stereocenters. The van der Waals surface area contributed by atoms with Crippen LogP contribution in [0.15, 0.2) is 48.1 Å². The lowest BCUT2D eigenvalue weighted by molar-refractivity contribution is -0.131. The first-order valence-electron chi connectivity index (χ1n) is 8.81. The number of nitrogens with zero attached hydrogens (tertiary/aromatic N) is 4. The Morgan fingerprint density at radius 2 is 1.96 bits per heavy atom. The number of rotatable bonds is 5. The summed E-state index contributed by atoms with van der Waals surface area (Å²) in [6.07, 6.45) is 4.11. The van der Waals surface area contributed by atoms with Gasteiger partial charge in [0.15, 0.2) is 0 Å². The molecule has 134 valence electrons. The van der Waals surface area contributed by atoms with E-state index in [1.54, 1.807) is 17.5 Å². The Bertz CT molecular complexity index is 874. The molecule has 4 rings (SSSR count). The largest absolute Gasteiger partial charge is 0.383 e. The number of carbonyl (C=O) groups is 1. The fourth-order valence-corrected chi connectivity index (χ4v) is 4.04. The molecule has 3 aromatic rings. The van der Waals surface area contributed by atoms with E-state index in [4.69, 9.17) is 0 Å². The molecule has 1 saturated heterocycles. The summed E-state index contributed by atoms with van der Waals surface area (Å²) in [6.45, 7) is 3.79. The van der Waals surface area contributed by atoms with Crippen LogP contribution in [0.2, 0.25) is 0 Å². The summed E-state index contributed by atoms with van der Waals surface area (Å²) in [5.41, 5.74) is 2.05. The molecule has 0 aromatic carbocycles. The van der Waals surface area contributed by atoms with Crippen molar-refractivity contribution in [2.75, 3.05) is 42.9 Å². The molecule has 1 aliphatic rings. The highest BCUT2D eigenvalue weighted by Crippen LogP contribution is 2.26. The molecule has 0 spiro atoms. The van der Waals surface area contributed by atoms with E-state index in [9.17, 15) is 4.79 Å². The van der Waals surface area contributed by atoms with Crippen molar-refractivity contribution in [1.82, 2.24) is 14.9 Å². The highest BCUT2D eigenvalue weighted by atomic mass is 32.1. The second kappa shape index (κ2) is 7.70. The predicted octanol–water partition coefficient (Wildman–Crippen LogP) is 2.84. The Labute approximate surface area is 156 Å². The minimum absolute atomic E-state index is 0.203. The van der Waals surface area contributed by atoms with E-state index in [0.29, 0.717) is 13.0 Å². The van der Waals surface area contributed by atoms with Crippen molar-refractivity contribution in [3.63, 3.8) is 0 Å². The van der Waals surface area contributed by atoms with Crippen molar-refractivity contribution in [1.29, 1.82) is 0 Å². The zero-order valence-electron chi connectivity index (χ0n) is 14.5. The van der Waals surface area contributed by atoms with Crippen LogP contribution in [0.5, 0.6) is 0 Å². The molecule has 0 radical (unpaired) electrons. The highest BCUT2D eigenvalue weighted by molar-refractivity contribution is 7.17. The molecule has 1 amide bonds. The first-order chi connectivity index (χ1) is 12.8. The van der Waals surface area contributed by atoms with Gasteiger partial charge in [-0.3, -0.25) is 9.78 Å². The van der Waals surface area contributed by atoms with Crippen LogP contribution in [0, 0.1) is 0 Å². The average Bonchev–Trinajstić information content (AvgIpc) is 3.18. The molecular weight excluding hydrogens is 346 g/mol. The maximum Gasteiger partial charge on any atom is 0.224 e. The fourth-order valence-electron chi connectivity index (χ4n) is 3.20. The lowest BCUT2D eigenvalue weighted by Crippen LogP contribution is -2.49. The van der Waals surface area contributed by atoms with Gasteiger partial charge in [-0.05, 0) is 29.6 Å². The molecule has 6 nitrogen and oxygen atoms in total. The van der Waals surface area contributed by atoms with Crippen LogP contribution in [0.25, 0.3) is 10.2 Å². The summed E-state index contributed by atoms with van der Waals surface area (Å²) in [7, 11) is 0. The Morgan fingerprint density at radius 1 is 1.08 bits per heavy atom. The maximum atomic E-state index is 12.5. The summed E-state index contributed by atoms with van der Waals surface area (Å²) >= 11 is 1.67. The topological polar surface area (TPSA) is 61.4 Å². The summed E-state index contributed by atoms with van der Waals surface area (Å²) < 4.78 is 1.14. The molecule has 0 aliphatic carbocycles. The minimum Gasteiger partial charge on any atom is -0.383 e. The molecule has 0 saturated carbocycles. The number of anilines is 2. The van der Waals surface area contributed by atoms with E-state index in [0.717, 1.165) is 47.9 Å². The fraction of sp³-hybridized carbons (Fsp3) is 0.316. The highest BCUT2D eigenvalue weighted by Gasteiger charge is 2.21. The normalized spacial score (nSPS) is 14.6. The van der Waals surface area contributed by atoms with Crippen LogP contribution in [0.3, 0.4) is 0 Å². The summed E-state index contributed by atoms with van der Waals surface area (Å²) in [4.78, 5) is 25.4. The first kappa shape index (κ1) is 16.8. The van der Waals surface area contributed by atoms with Gasteiger partial charge in [0, 0.05) is 51.5 Å². The molecule has 0 bridgehead atoms. The Hall–Kier alpha value is -2.67. The van der Waals surface area contributed by atoms with Gasteiger partial charge in [-0.15, -0.1) is 11.3 Å². The molecular formula is C19H21N5OS. The van der Waals surface area contributed by atoms with E-state index in [2.05, 4.69) is 20.2 Å². The van der Waals surface area contributed by atoms with Crippen LogP contribution in [0.1, 0.15) is 6.42 Å². The zero-order chi connectivity index (χ0) is 17.8. The summed E-state index contributed by atoms with van der Waals surface area (Å²) in [5.74, 6) is 1.19. The monoisotopic (exact) mass is 367 g/mol. The van der Waals surface area contributed by atoms with E-state index in [-0.39, 0.29) is 5.91 Å². The van der Waals surface area contributed by atoms with E-state index < -0.39 is 0 Å². The summed E-state index contributed by atoms with van der Waals surface area (Å²) in [6, 6.07) is 9.91. The van der Waals surface area contributed by atoms with Crippen LogP contribution in [-0.2, 0) is 4.79 Å². The maximum absolute atomic E-state index is 12.5. The number of nitrogens with one attached hydrogen (secondary N) is 1.